The number of benzene rings is 2. The standard InChI is InChI=1S/C29H33NO5/c31-28-10-11-29(33-14-15-34-29)26-27(28)12-13-30(17-19-6-7-19)23(28)16-21-8-9-22(25(35-26)24(21)27)32-18-20-4-2-1-3-5-20/h1-5,8-9,19,23,26,31H,6-7,10-18H2/t23?,26-,27+,28-/m1/s1. The van der Waals surface area contributed by atoms with Crippen LogP contribution in [0.1, 0.15) is 48.8 Å². The van der Waals surface area contributed by atoms with Gasteiger partial charge in [0.1, 0.15) is 6.61 Å². The third-order valence-electron chi connectivity index (χ3n) is 9.77. The van der Waals surface area contributed by atoms with Gasteiger partial charge in [0.15, 0.2) is 17.6 Å². The van der Waals surface area contributed by atoms with Gasteiger partial charge in [0.25, 0.3) is 0 Å². The first kappa shape index (κ1) is 21.0. The van der Waals surface area contributed by atoms with Crippen molar-refractivity contribution >= 4 is 0 Å². The van der Waals surface area contributed by atoms with Gasteiger partial charge in [-0.2, -0.15) is 0 Å². The van der Waals surface area contributed by atoms with Crippen LogP contribution >= 0.6 is 0 Å². The van der Waals surface area contributed by atoms with Crippen molar-refractivity contribution in [3.63, 3.8) is 0 Å². The molecule has 2 aromatic rings. The zero-order valence-corrected chi connectivity index (χ0v) is 20.1. The third kappa shape index (κ3) is 2.74. The highest BCUT2D eigenvalue weighted by Crippen LogP contribution is 2.68. The Balaban J connectivity index is 1.25. The highest BCUT2D eigenvalue weighted by atomic mass is 16.8. The zero-order chi connectivity index (χ0) is 23.3. The molecule has 0 amide bonds. The first-order chi connectivity index (χ1) is 17.1. The van der Waals surface area contributed by atoms with Gasteiger partial charge >= 0.3 is 0 Å². The maximum atomic E-state index is 12.7. The van der Waals surface area contributed by atoms with E-state index in [-0.39, 0.29) is 12.1 Å². The number of aliphatic hydroxyl groups is 1. The fourth-order valence-corrected chi connectivity index (χ4v) is 8.04. The lowest BCUT2D eigenvalue weighted by atomic mass is 9.48. The predicted octanol–water partition coefficient (Wildman–Crippen LogP) is 3.57. The monoisotopic (exact) mass is 475 g/mol. The first-order valence-electron chi connectivity index (χ1n) is 13.4. The van der Waals surface area contributed by atoms with Gasteiger partial charge in [0.05, 0.1) is 24.2 Å². The molecule has 3 aliphatic carbocycles. The maximum absolute atomic E-state index is 12.7. The number of likely N-dealkylation sites (tertiary alicyclic amines) is 1. The summed E-state index contributed by atoms with van der Waals surface area (Å²) in [6, 6.07) is 14.6. The van der Waals surface area contributed by atoms with Crippen molar-refractivity contribution in [2.45, 2.75) is 74.1 Å². The topological polar surface area (TPSA) is 60.4 Å². The molecule has 4 fully saturated rings. The minimum atomic E-state index is -0.859. The summed E-state index contributed by atoms with van der Waals surface area (Å²) in [6.07, 6.45) is 5.33. The van der Waals surface area contributed by atoms with Crippen molar-refractivity contribution in [3.8, 4) is 11.5 Å². The Morgan fingerprint density at radius 2 is 1.83 bits per heavy atom. The summed E-state index contributed by atoms with van der Waals surface area (Å²) in [5.74, 6) is 1.56. The molecule has 3 aliphatic heterocycles. The van der Waals surface area contributed by atoms with Crippen LogP contribution in [0.5, 0.6) is 11.5 Å². The number of rotatable bonds is 5. The van der Waals surface area contributed by atoms with Crippen molar-refractivity contribution in [3.05, 3.63) is 59.2 Å². The molecular weight excluding hydrogens is 442 g/mol. The van der Waals surface area contributed by atoms with Gasteiger partial charge in [0.2, 0.25) is 5.79 Å². The molecule has 2 bridgehead atoms. The van der Waals surface area contributed by atoms with E-state index < -0.39 is 16.8 Å². The van der Waals surface area contributed by atoms with Gasteiger partial charge in [-0.25, -0.2) is 0 Å². The Hall–Kier alpha value is -2.12. The summed E-state index contributed by atoms with van der Waals surface area (Å²) < 4.78 is 25.9. The third-order valence-corrected chi connectivity index (χ3v) is 9.77. The van der Waals surface area contributed by atoms with Gasteiger partial charge < -0.3 is 24.1 Å². The van der Waals surface area contributed by atoms with Crippen molar-refractivity contribution in [1.82, 2.24) is 4.90 Å². The van der Waals surface area contributed by atoms with Crippen molar-refractivity contribution in [2.75, 3.05) is 26.3 Å². The van der Waals surface area contributed by atoms with E-state index in [4.69, 9.17) is 18.9 Å². The summed E-state index contributed by atoms with van der Waals surface area (Å²) in [5.41, 5.74) is 2.18. The lowest BCUT2D eigenvalue weighted by Crippen LogP contribution is -2.79. The van der Waals surface area contributed by atoms with Crippen LogP contribution in [-0.2, 0) is 27.9 Å². The molecule has 184 valence electrons. The lowest BCUT2D eigenvalue weighted by Gasteiger charge is -2.65. The summed E-state index contributed by atoms with van der Waals surface area (Å²) in [4.78, 5) is 2.59. The Morgan fingerprint density at radius 3 is 2.63 bits per heavy atom. The number of hydrogen-bond acceptors (Lipinski definition) is 6. The van der Waals surface area contributed by atoms with Crippen LogP contribution in [0.3, 0.4) is 0 Å². The molecule has 2 aromatic carbocycles. The lowest BCUT2D eigenvalue weighted by molar-refractivity contribution is -0.297. The molecule has 8 rings (SSSR count). The number of piperidine rings is 1. The van der Waals surface area contributed by atoms with Crippen molar-refractivity contribution < 1.29 is 24.1 Å². The average Bonchev–Trinajstić information content (AvgIpc) is 3.43. The molecular formula is C29H33NO5. The molecule has 35 heavy (non-hydrogen) atoms. The zero-order valence-electron chi connectivity index (χ0n) is 20.1. The molecule has 4 atom stereocenters. The van der Waals surface area contributed by atoms with Crippen molar-refractivity contribution in [2.24, 2.45) is 5.92 Å². The molecule has 2 saturated heterocycles. The van der Waals surface area contributed by atoms with Gasteiger partial charge in [-0.05, 0) is 61.8 Å². The molecule has 6 nitrogen and oxygen atoms in total. The molecule has 3 heterocycles. The Morgan fingerprint density at radius 1 is 1.00 bits per heavy atom. The van der Waals surface area contributed by atoms with Crippen molar-refractivity contribution in [1.29, 1.82) is 0 Å². The summed E-state index contributed by atoms with van der Waals surface area (Å²) in [6.45, 7) is 3.72. The number of fused-ring (bicyclic) bond motifs is 1. The fourth-order valence-electron chi connectivity index (χ4n) is 8.04. The molecule has 6 heteroatoms. The van der Waals surface area contributed by atoms with E-state index in [1.807, 2.05) is 18.2 Å². The smallest absolute Gasteiger partial charge is 0.207 e. The predicted molar refractivity (Wildman–Crippen MR) is 129 cm³/mol. The van der Waals surface area contributed by atoms with Crippen LogP contribution in [0.25, 0.3) is 0 Å². The Labute approximate surface area is 206 Å². The Bertz CT molecular complexity index is 1160. The number of hydrogen-bond donors (Lipinski definition) is 1. The summed E-state index contributed by atoms with van der Waals surface area (Å²) >= 11 is 0. The SMILES string of the molecule is O[C@@]12CCC3(OCCO3)[C@@H]3Oc4c(OCc5ccccc5)ccc5c4[C@@]31CCN(CC1CC1)C2C5. The van der Waals surface area contributed by atoms with Crippen LogP contribution in [-0.4, -0.2) is 59.8 Å². The quantitative estimate of drug-likeness (QED) is 0.714. The fraction of sp³-hybridized carbons (Fsp3) is 0.586. The summed E-state index contributed by atoms with van der Waals surface area (Å²) in [5, 5.41) is 12.7. The molecule has 2 spiro atoms. The van der Waals surface area contributed by atoms with Crippen LogP contribution in [0.15, 0.2) is 42.5 Å². The molecule has 1 unspecified atom stereocenters. The largest absolute Gasteiger partial charge is 0.485 e. The van der Waals surface area contributed by atoms with E-state index in [2.05, 4.69) is 29.2 Å². The van der Waals surface area contributed by atoms with Gasteiger partial charge in [-0.15, -0.1) is 0 Å². The number of ether oxygens (including phenoxy) is 4. The second kappa shape index (κ2) is 7.22. The van der Waals surface area contributed by atoms with Gasteiger partial charge in [-0.3, -0.25) is 4.90 Å². The first-order valence-corrected chi connectivity index (χ1v) is 13.4. The molecule has 6 aliphatic rings. The van der Waals surface area contributed by atoms with Crippen LogP contribution in [0, 0.1) is 5.92 Å². The highest BCUT2D eigenvalue weighted by Gasteiger charge is 2.77. The normalized spacial score (nSPS) is 36.1. The minimum absolute atomic E-state index is 0.108. The van der Waals surface area contributed by atoms with E-state index in [1.165, 1.54) is 18.4 Å². The average molecular weight is 476 g/mol. The highest BCUT2D eigenvalue weighted by molar-refractivity contribution is 5.63. The number of nitrogens with zero attached hydrogens (tertiary/aromatic N) is 1. The molecule has 2 saturated carbocycles. The minimum Gasteiger partial charge on any atom is -0.485 e. The van der Waals surface area contributed by atoms with Crippen LogP contribution < -0.4 is 9.47 Å². The Kier molecular flexibility index (Phi) is 4.34. The van der Waals surface area contributed by atoms with Gasteiger partial charge in [-0.1, -0.05) is 36.4 Å². The van der Waals surface area contributed by atoms with Gasteiger partial charge in [0, 0.05) is 24.6 Å². The second-order valence-corrected chi connectivity index (χ2v) is 11.5. The van der Waals surface area contributed by atoms with E-state index in [0.29, 0.717) is 32.7 Å². The molecule has 0 radical (unpaired) electrons. The summed E-state index contributed by atoms with van der Waals surface area (Å²) in [7, 11) is 0. The van der Waals surface area contributed by atoms with Crippen LogP contribution in [0.2, 0.25) is 0 Å². The molecule has 1 N–H and O–H groups in total. The van der Waals surface area contributed by atoms with E-state index >= 15 is 0 Å². The van der Waals surface area contributed by atoms with E-state index in [1.54, 1.807) is 0 Å². The molecule has 0 aromatic heterocycles. The van der Waals surface area contributed by atoms with E-state index in [0.717, 1.165) is 54.5 Å². The second-order valence-electron chi connectivity index (χ2n) is 11.5. The van der Waals surface area contributed by atoms with Crippen LogP contribution in [0.4, 0.5) is 0 Å². The van der Waals surface area contributed by atoms with E-state index in [9.17, 15) is 5.11 Å². The maximum Gasteiger partial charge on any atom is 0.207 e.